The van der Waals surface area contributed by atoms with Crippen molar-refractivity contribution in [3.8, 4) is 0 Å². The first-order chi connectivity index (χ1) is 9.06. The molecule has 2 rings (SSSR count). The number of aryl methyl sites for hydroxylation is 1. The molecular formula is C15H13Cl2NO. The summed E-state index contributed by atoms with van der Waals surface area (Å²) in [4.78, 5) is 12.0. The number of hydrogen-bond donors (Lipinski definition) is 1. The molecule has 0 radical (unpaired) electrons. The Bertz CT molecular complexity index is 591. The normalized spacial score (nSPS) is 10.3. The predicted octanol–water partition coefficient (Wildman–Crippen LogP) is 4.48. The van der Waals surface area contributed by atoms with E-state index >= 15 is 0 Å². The molecule has 0 unspecified atom stereocenters. The number of anilines is 1. The van der Waals surface area contributed by atoms with Crippen molar-refractivity contribution in [3.05, 3.63) is 63.6 Å². The molecule has 2 nitrogen and oxygen atoms in total. The number of benzene rings is 2. The summed E-state index contributed by atoms with van der Waals surface area (Å²) in [6.45, 7) is 1.99. The summed E-state index contributed by atoms with van der Waals surface area (Å²) in [7, 11) is 0. The van der Waals surface area contributed by atoms with Gasteiger partial charge in [-0.15, -0.1) is 0 Å². The summed E-state index contributed by atoms with van der Waals surface area (Å²) in [5.74, 6) is -0.138. The molecule has 0 aliphatic heterocycles. The van der Waals surface area contributed by atoms with Crippen LogP contribution >= 0.6 is 23.2 Å². The zero-order chi connectivity index (χ0) is 13.8. The van der Waals surface area contributed by atoms with E-state index in [9.17, 15) is 4.79 Å². The largest absolute Gasteiger partial charge is 0.323 e. The SMILES string of the molecule is Cc1cccc(CC(=O)Nc2c(Cl)cccc2Cl)c1. The Morgan fingerprint density at radius 2 is 1.74 bits per heavy atom. The molecule has 0 spiro atoms. The molecule has 0 atom stereocenters. The third kappa shape index (κ3) is 3.72. The lowest BCUT2D eigenvalue weighted by molar-refractivity contribution is -0.115. The third-order valence-electron chi connectivity index (χ3n) is 2.67. The highest BCUT2D eigenvalue weighted by Crippen LogP contribution is 2.29. The number of halogens is 2. The van der Waals surface area contributed by atoms with Crippen LogP contribution in [0.3, 0.4) is 0 Å². The summed E-state index contributed by atoms with van der Waals surface area (Å²) in [6.07, 6.45) is 0.295. The molecule has 1 amide bonds. The van der Waals surface area contributed by atoms with E-state index in [1.807, 2.05) is 31.2 Å². The van der Waals surface area contributed by atoms with Crippen LogP contribution in [0.1, 0.15) is 11.1 Å². The fraction of sp³-hybridized carbons (Fsp3) is 0.133. The molecule has 0 bridgehead atoms. The molecule has 0 heterocycles. The van der Waals surface area contributed by atoms with Crippen LogP contribution in [0.15, 0.2) is 42.5 Å². The molecule has 0 aliphatic rings. The lowest BCUT2D eigenvalue weighted by Crippen LogP contribution is -2.15. The molecule has 0 aliphatic carbocycles. The van der Waals surface area contributed by atoms with E-state index in [0.29, 0.717) is 22.2 Å². The van der Waals surface area contributed by atoms with Gasteiger partial charge in [0.2, 0.25) is 5.91 Å². The van der Waals surface area contributed by atoms with Crippen LogP contribution in [0.2, 0.25) is 10.0 Å². The molecule has 0 saturated carbocycles. The number of rotatable bonds is 3. The predicted molar refractivity (Wildman–Crippen MR) is 80.0 cm³/mol. The van der Waals surface area contributed by atoms with Gasteiger partial charge in [0.1, 0.15) is 0 Å². The first-order valence-corrected chi connectivity index (χ1v) is 6.61. The molecule has 2 aromatic rings. The second-order valence-corrected chi connectivity index (χ2v) is 5.13. The van der Waals surface area contributed by atoms with E-state index in [0.717, 1.165) is 11.1 Å². The Hall–Kier alpha value is -1.51. The van der Waals surface area contributed by atoms with Crippen LogP contribution < -0.4 is 5.32 Å². The van der Waals surface area contributed by atoms with Crippen molar-refractivity contribution in [2.45, 2.75) is 13.3 Å². The molecule has 0 fully saturated rings. The van der Waals surface area contributed by atoms with Crippen molar-refractivity contribution >= 4 is 34.8 Å². The number of para-hydroxylation sites is 1. The smallest absolute Gasteiger partial charge is 0.228 e. The second-order valence-electron chi connectivity index (χ2n) is 4.31. The molecule has 2 aromatic carbocycles. The number of carbonyl (C=O) groups excluding carboxylic acids is 1. The van der Waals surface area contributed by atoms with Gasteiger partial charge in [0.25, 0.3) is 0 Å². The molecule has 0 saturated heterocycles. The van der Waals surface area contributed by atoms with Gasteiger partial charge in [0.15, 0.2) is 0 Å². The summed E-state index contributed by atoms with van der Waals surface area (Å²) in [5, 5.41) is 3.61. The van der Waals surface area contributed by atoms with E-state index in [1.165, 1.54) is 0 Å². The van der Waals surface area contributed by atoms with E-state index in [1.54, 1.807) is 18.2 Å². The van der Waals surface area contributed by atoms with Crippen LogP contribution in [0, 0.1) is 6.92 Å². The lowest BCUT2D eigenvalue weighted by Gasteiger charge is -2.09. The summed E-state index contributed by atoms with van der Waals surface area (Å²) < 4.78 is 0. The lowest BCUT2D eigenvalue weighted by atomic mass is 10.1. The van der Waals surface area contributed by atoms with Gasteiger partial charge in [0, 0.05) is 0 Å². The van der Waals surface area contributed by atoms with Crippen LogP contribution in [-0.4, -0.2) is 5.91 Å². The maximum Gasteiger partial charge on any atom is 0.228 e. The van der Waals surface area contributed by atoms with Gasteiger partial charge < -0.3 is 5.32 Å². The highest BCUT2D eigenvalue weighted by atomic mass is 35.5. The minimum absolute atomic E-state index is 0.138. The average molecular weight is 294 g/mol. The Kier molecular flexibility index (Phi) is 4.46. The van der Waals surface area contributed by atoms with Gasteiger partial charge in [-0.25, -0.2) is 0 Å². The number of carbonyl (C=O) groups is 1. The molecular weight excluding hydrogens is 281 g/mol. The van der Waals surface area contributed by atoms with E-state index < -0.39 is 0 Å². The van der Waals surface area contributed by atoms with E-state index in [4.69, 9.17) is 23.2 Å². The van der Waals surface area contributed by atoms with E-state index in [-0.39, 0.29) is 5.91 Å². The molecule has 0 aromatic heterocycles. The Morgan fingerprint density at radius 3 is 2.37 bits per heavy atom. The van der Waals surface area contributed by atoms with Gasteiger partial charge in [-0.3, -0.25) is 4.79 Å². The fourth-order valence-corrected chi connectivity index (χ4v) is 2.30. The Labute approximate surface area is 122 Å². The summed E-state index contributed by atoms with van der Waals surface area (Å²) in [5.41, 5.74) is 2.55. The second kappa shape index (κ2) is 6.09. The van der Waals surface area contributed by atoms with Crippen LogP contribution in [0.4, 0.5) is 5.69 Å². The number of hydrogen-bond acceptors (Lipinski definition) is 1. The molecule has 4 heteroatoms. The van der Waals surface area contributed by atoms with Crippen LogP contribution in [0.25, 0.3) is 0 Å². The minimum Gasteiger partial charge on any atom is -0.323 e. The highest BCUT2D eigenvalue weighted by molar-refractivity contribution is 6.39. The fourth-order valence-electron chi connectivity index (χ4n) is 1.81. The van der Waals surface area contributed by atoms with Crippen molar-refractivity contribution < 1.29 is 4.79 Å². The van der Waals surface area contributed by atoms with Crippen molar-refractivity contribution in [2.24, 2.45) is 0 Å². The Balaban J connectivity index is 2.10. The molecule has 1 N–H and O–H groups in total. The van der Waals surface area contributed by atoms with Gasteiger partial charge in [-0.2, -0.15) is 0 Å². The van der Waals surface area contributed by atoms with Crippen molar-refractivity contribution in [1.29, 1.82) is 0 Å². The van der Waals surface area contributed by atoms with Crippen LogP contribution in [0.5, 0.6) is 0 Å². The maximum absolute atomic E-state index is 12.0. The highest BCUT2D eigenvalue weighted by Gasteiger charge is 2.10. The Morgan fingerprint density at radius 1 is 1.11 bits per heavy atom. The first kappa shape index (κ1) is 13.9. The summed E-state index contributed by atoms with van der Waals surface area (Å²) >= 11 is 12.0. The van der Waals surface area contributed by atoms with Gasteiger partial charge >= 0.3 is 0 Å². The standard InChI is InChI=1S/C15H13Cl2NO/c1-10-4-2-5-11(8-10)9-14(19)18-15-12(16)6-3-7-13(15)17/h2-8H,9H2,1H3,(H,18,19). The van der Waals surface area contributed by atoms with E-state index in [2.05, 4.69) is 5.32 Å². The quantitative estimate of drug-likeness (QED) is 0.888. The van der Waals surface area contributed by atoms with Crippen molar-refractivity contribution in [3.63, 3.8) is 0 Å². The van der Waals surface area contributed by atoms with Crippen LogP contribution in [-0.2, 0) is 11.2 Å². The van der Waals surface area contributed by atoms with Gasteiger partial charge in [0.05, 0.1) is 22.2 Å². The number of nitrogens with one attached hydrogen (secondary N) is 1. The van der Waals surface area contributed by atoms with Gasteiger partial charge in [-0.1, -0.05) is 59.1 Å². The third-order valence-corrected chi connectivity index (χ3v) is 3.30. The maximum atomic E-state index is 12.0. The first-order valence-electron chi connectivity index (χ1n) is 5.85. The molecule has 19 heavy (non-hydrogen) atoms. The monoisotopic (exact) mass is 293 g/mol. The van der Waals surface area contributed by atoms with Gasteiger partial charge in [-0.05, 0) is 24.6 Å². The number of amides is 1. The van der Waals surface area contributed by atoms with Crippen molar-refractivity contribution in [2.75, 3.05) is 5.32 Å². The zero-order valence-electron chi connectivity index (χ0n) is 10.4. The molecule has 98 valence electrons. The average Bonchev–Trinajstić information content (AvgIpc) is 2.34. The summed E-state index contributed by atoms with van der Waals surface area (Å²) in [6, 6.07) is 12.9. The minimum atomic E-state index is -0.138. The zero-order valence-corrected chi connectivity index (χ0v) is 11.9. The topological polar surface area (TPSA) is 29.1 Å². The van der Waals surface area contributed by atoms with Crippen molar-refractivity contribution in [1.82, 2.24) is 0 Å².